The molecule has 1 aromatic heterocycles. The second kappa shape index (κ2) is 7.95. The molecule has 1 atom stereocenters. The zero-order valence-corrected chi connectivity index (χ0v) is 10.3. The van der Waals surface area contributed by atoms with Gasteiger partial charge in [0.25, 0.3) is 6.47 Å². The van der Waals surface area contributed by atoms with Crippen LogP contribution in [0.1, 0.15) is 32.1 Å². The van der Waals surface area contributed by atoms with E-state index in [2.05, 4.69) is 36.8 Å². The van der Waals surface area contributed by atoms with Crippen molar-refractivity contribution >= 4 is 24.8 Å². The van der Waals surface area contributed by atoms with Crippen LogP contribution in [0.2, 0.25) is 0 Å². The number of hydrogen-bond donors (Lipinski definition) is 2. The summed E-state index contributed by atoms with van der Waals surface area (Å²) >= 11 is 4.38. The highest BCUT2D eigenvalue weighted by molar-refractivity contribution is 7.80. The van der Waals surface area contributed by atoms with Crippen molar-refractivity contribution in [2.45, 2.75) is 32.6 Å². The van der Waals surface area contributed by atoms with Crippen LogP contribution in [-0.2, 0) is 9.53 Å². The van der Waals surface area contributed by atoms with Crippen LogP contribution in [0.3, 0.4) is 0 Å². The van der Waals surface area contributed by atoms with Gasteiger partial charge in [0.05, 0.1) is 5.25 Å². The fraction of sp³-hybridized carbons (Fsp3) is 0.500. The molecule has 0 aliphatic carbocycles. The lowest BCUT2D eigenvalue weighted by Gasteiger charge is -2.17. The normalized spacial score (nSPS) is 11.5. The molecule has 0 aliphatic heterocycles. The maximum Gasteiger partial charge on any atom is 0.293 e. The Kier molecular flexibility index (Phi) is 7.37. The molecule has 5 heteroatoms. The largest absolute Gasteiger partial charge is 0.466 e. The molecule has 0 aromatic carbocycles. The first-order valence-electron chi connectivity index (χ1n) is 5.09. The van der Waals surface area contributed by atoms with Crippen LogP contribution in [0, 0.1) is 0 Å². The Bertz CT molecular complexity index is 345. The van der Waals surface area contributed by atoms with Gasteiger partial charge in [0.15, 0.2) is 0 Å². The van der Waals surface area contributed by atoms with Gasteiger partial charge in [0.2, 0.25) is 0 Å². The van der Waals surface area contributed by atoms with E-state index in [1.165, 1.54) is 0 Å². The zero-order valence-electron chi connectivity index (χ0n) is 9.38. The molecule has 1 N–H and O–H groups in total. The molecule has 4 nitrogen and oxygen atoms in total. The summed E-state index contributed by atoms with van der Waals surface area (Å²) in [6.45, 7) is 4.78. The predicted octanol–water partition coefficient (Wildman–Crippen LogP) is 2.68. The van der Waals surface area contributed by atoms with Gasteiger partial charge in [-0.2, -0.15) is 12.6 Å². The third kappa shape index (κ3) is 5.08. The van der Waals surface area contributed by atoms with Gasteiger partial charge in [-0.1, -0.05) is 7.43 Å². The summed E-state index contributed by atoms with van der Waals surface area (Å²) in [6, 6.07) is 2.22. The van der Waals surface area contributed by atoms with Crippen molar-refractivity contribution in [2.75, 3.05) is 11.9 Å². The summed E-state index contributed by atoms with van der Waals surface area (Å²) in [5, 5.41) is 3.13. The molecule has 1 aromatic rings. The van der Waals surface area contributed by atoms with Crippen molar-refractivity contribution in [3.8, 4) is 0 Å². The minimum atomic E-state index is -0.167. The zero-order chi connectivity index (χ0) is 12.0. The van der Waals surface area contributed by atoms with Gasteiger partial charge in [0, 0.05) is 29.7 Å². The number of ether oxygens (including phenoxy) is 1. The smallest absolute Gasteiger partial charge is 0.293 e. The summed E-state index contributed by atoms with van der Waals surface area (Å²) < 4.78 is 4.70. The van der Waals surface area contributed by atoms with Gasteiger partial charge in [-0.15, -0.1) is 0 Å². The van der Waals surface area contributed by atoms with Crippen LogP contribution < -0.4 is 5.32 Å². The highest BCUT2D eigenvalue weighted by Crippen LogP contribution is 2.27. The maximum absolute atomic E-state index is 10.1. The number of pyridine rings is 1. The first kappa shape index (κ1) is 15.8. The summed E-state index contributed by atoms with van der Waals surface area (Å²) in [5.74, 6) is 0. The molecule has 96 valence electrons. The van der Waals surface area contributed by atoms with Crippen molar-refractivity contribution < 1.29 is 9.53 Å². The molecule has 0 amide bonds. The molecule has 1 heterocycles. The molecule has 1 unspecified atom stereocenters. The van der Waals surface area contributed by atoms with Crippen LogP contribution >= 0.6 is 12.6 Å². The quantitative estimate of drug-likeness (QED) is 0.607. The van der Waals surface area contributed by atoms with E-state index < -0.39 is 0 Å². The lowest BCUT2D eigenvalue weighted by molar-refractivity contribution is -0.128. The molecule has 0 bridgehead atoms. The highest BCUT2D eigenvalue weighted by Gasteiger charge is 2.12. The van der Waals surface area contributed by atoms with E-state index in [1.54, 1.807) is 12.4 Å². The third-order valence-corrected chi connectivity index (χ3v) is 2.40. The van der Waals surface area contributed by atoms with Crippen molar-refractivity contribution in [3.63, 3.8) is 0 Å². The summed E-state index contributed by atoms with van der Waals surface area (Å²) in [6.07, 6.45) is 3.45. The fourth-order valence-electron chi connectivity index (χ4n) is 1.33. The first-order chi connectivity index (χ1) is 7.65. The third-order valence-electron chi connectivity index (χ3n) is 1.98. The molecule has 0 fully saturated rings. The lowest BCUT2D eigenvalue weighted by atomic mass is 10.1. The van der Waals surface area contributed by atoms with Crippen LogP contribution in [0.5, 0.6) is 0 Å². The van der Waals surface area contributed by atoms with E-state index in [4.69, 9.17) is 4.74 Å². The van der Waals surface area contributed by atoms with Crippen molar-refractivity contribution in [1.82, 2.24) is 4.98 Å². The Labute approximate surface area is 108 Å². The molecule has 1 rings (SSSR count). The molecule has 0 saturated carbocycles. The van der Waals surface area contributed by atoms with Gasteiger partial charge in [0.1, 0.15) is 6.61 Å². The number of aromatic nitrogens is 1. The molecule has 17 heavy (non-hydrogen) atoms. The van der Waals surface area contributed by atoms with Crippen LogP contribution in [0.15, 0.2) is 18.5 Å². The molecule has 0 saturated heterocycles. The predicted molar refractivity (Wildman–Crippen MR) is 73.5 cm³/mol. The number of carbonyl (C=O) groups is 1. The van der Waals surface area contributed by atoms with Gasteiger partial charge in [-0.25, -0.2) is 0 Å². The SMILES string of the molecule is C.CC(C)Nc1ccncc1C(S)COC=O. The molecule has 0 radical (unpaired) electrons. The number of carbonyl (C=O) groups excluding carboxylic acids is 1. The average molecular weight is 256 g/mol. The van der Waals surface area contributed by atoms with Gasteiger partial charge < -0.3 is 10.1 Å². The summed E-state index contributed by atoms with van der Waals surface area (Å²) in [7, 11) is 0. The average Bonchev–Trinajstić information content (AvgIpc) is 2.26. The topological polar surface area (TPSA) is 51.2 Å². The van der Waals surface area contributed by atoms with Crippen molar-refractivity contribution in [1.29, 1.82) is 0 Å². The van der Waals surface area contributed by atoms with E-state index in [-0.39, 0.29) is 19.3 Å². The highest BCUT2D eigenvalue weighted by atomic mass is 32.1. The Balaban J connectivity index is 0.00000256. The van der Waals surface area contributed by atoms with E-state index in [9.17, 15) is 4.79 Å². The van der Waals surface area contributed by atoms with E-state index >= 15 is 0 Å². The van der Waals surface area contributed by atoms with Crippen LogP contribution in [0.4, 0.5) is 5.69 Å². The van der Waals surface area contributed by atoms with Gasteiger partial charge in [-0.3, -0.25) is 9.78 Å². The number of nitrogens with zero attached hydrogens (tertiary/aromatic N) is 1. The maximum atomic E-state index is 10.1. The van der Waals surface area contributed by atoms with Gasteiger partial charge >= 0.3 is 0 Å². The second-order valence-electron chi connectivity index (χ2n) is 3.71. The number of nitrogens with one attached hydrogen (secondary N) is 1. The standard InChI is InChI=1S/C11H16N2O2S.CH4/c1-8(2)13-10-3-4-12-5-9(10)11(16)6-15-7-14;/h3-5,7-8,11,16H,6H2,1-2H3,(H,12,13);1H4. The number of hydrogen-bond acceptors (Lipinski definition) is 5. The van der Waals surface area contributed by atoms with E-state index in [0.29, 0.717) is 12.5 Å². The Morgan fingerprint density at radius 2 is 2.29 bits per heavy atom. The Hall–Kier alpha value is -1.23. The molecular formula is C12H20N2O2S. The van der Waals surface area contributed by atoms with Crippen LogP contribution in [0.25, 0.3) is 0 Å². The second-order valence-corrected chi connectivity index (χ2v) is 4.33. The number of rotatable bonds is 6. The minimum Gasteiger partial charge on any atom is -0.466 e. The Morgan fingerprint density at radius 1 is 1.59 bits per heavy atom. The van der Waals surface area contributed by atoms with Crippen LogP contribution in [-0.4, -0.2) is 24.1 Å². The number of thiol groups is 1. The molecule has 0 spiro atoms. The fourth-order valence-corrected chi connectivity index (χ4v) is 1.63. The Morgan fingerprint density at radius 3 is 2.88 bits per heavy atom. The van der Waals surface area contributed by atoms with Crippen molar-refractivity contribution in [2.24, 2.45) is 0 Å². The van der Waals surface area contributed by atoms with E-state index in [1.807, 2.05) is 6.07 Å². The van der Waals surface area contributed by atoms with E-state index in [0.717, 1.165) is 11.3 Å². The van der Waals surface area contributed by atoms with Gasteiger partial charge in [-0.05, 0) is 19.9 Å². The number of anilines is 1. The van der Waals surface area contributed by atoms with Crippen molar-refractivity contribution in [3.05, 3.63) is 24.0 Å². The lowest BCUT2D eigenvalue weighted by Crippen LogP contribution is -2.13. The monoisotopic (exact) mass is 256 g/mol. The summed E-state index contributed by atoms with van der Waals surface area (Å²) in [4.78, 5) is 14.2. The first-order valence-corrected chi connectivity index (χ1v) is 5.60. The molecule has 0 aliphatic rings. The minimum absolute atomic E-state index is 0. The molecular weight excluding hydrogens is 236 g/mol. The summed E-state index contributed by atoms with van der Waals surface area (Å²) in [5.41, 5.74) is 1.90.